The van der Waals surface area contributed by atoms with Crippen molar-refractivity contribution in [1.29, 1.82) is 0 Å². The Morgan fingerprint density at radius 1 is 1.18 bits per heavy atom. The Labute approximate surface area is 97.5 Å². The van der Waals surface area contributed by atoms with Crippen molar-refractivity contribution >= 4 is 11.9 Å². The molecular weight excluding hydrogens is 226 g/mol. The zero-order valence-electron chi connectivity index (χ0n) is 8.96. The summed E-state index contributed by atoms with van der Waals surface area (Å²) in [4.78, 5) is 21.3. The third-order valence-electron chi connectivity index (χ3n) is 2.19. The molecule has 1 atom stereocenters. The molecule has 0 radical (unpaired) electrons. The van der Waals surface area contributed by atoms with Crippen molar-refractivity contribution in [3.63, 3.8) is 0 Å². The van der Waals surface area contributed by atoms with E-state index in [4.69, 9.17) is 10.2 Å². The van der Waals surface area contributed by atoms with Crippen molar-refractivity contribution < 1.29 is 24.9 Å². The summed E-state index contributed by atoms with van der Waals surface area (Å²) in [6, 6.07) is 8.46. The zero-order valence-corrected chi connectivity index (χ0v) is 8.96. The van der Waals surface area contributed by atoms with Crippen LogP contribution in [0.5, 0.6) is 0 Å². The normalized spacial score (nSPS) is 13.9. The SMILES string of the molecule is O=C(O)CNC(O)(Cc1ccccc1)C(=O)O. The number of carboxylic acid groups (broad SMARTS) is 2. The Balaban J connectivity index is 2.78. The molecule has 17 heavy (non-hydrogen) atoms. The number of hydrogen-bond donors (Lipinski definition) is 4. The molecule has 0 bridgehead atoms. The minimum atomic E-state index is -2.28. The Morgan fingerprint density at radius 3 is 2.24 bits per heavy atom. The fourth-order valence-corrected chi connectivity index (χ4v) is 1.33. The van der Waals surface area contributed by atoms with Crippen LogP contribution in [-0.2, 0) is 16.0 Å². The molecule has 0 amide bonds. The predicted molar refractivity (Wildman–Crippen MR) is 58.4 cm³/mol. The van der Waals surface area contributed by atoms with Crippen molar-refractivity contribution in [2.45, 2.75) is 12.1 Å². The quantitative estimate of drug-likeness (QED) is 0.507. The lowest BCUT2D eigenvalue weighted by Crippen LogP contribution is -2.55. The molecule has 4 N–H and O–H groups in total. The average Bonchev–Trinajstić information content (AvgIpc) is 2.27. The van der Waals surface area contributed by atoms with E-state index in [2.05, 4.69) is 5.32 Å². The summed E-state index contributed by atoms with van der Waals surface area (Å²) in [5.41, 5.74) is -1.69. The van der Waals surface area contributed by atoms with Gasteiger partial charge in [0, 0.05) is 6.42 Å². The number of carbonyl (C=O) groups is 2. The van der Waals surface area contributed by atoms with Crippen LogP contribution < -0.4 is 5.32 Å². The van der Waals surface area contributed by atoms with E-state index in [9.17, 15) is 14.7 Å². The van der Waals surface area contributed by atoms with E-state index in [1.807, 2.05) is 0 Å². The number of carboxylic acids is 2. The number of rotatable bonds is 6. The summed E-state index contributed by atoms with van der Waals surface area (Å²) in [5.74, 6) is -2.75. The maximum absolute atomic E-state index is 10.9. The van der Waals surface area contributed by atoms with Crippen LogP contribution >= 0.6 is 0 Å². The maximum Gasteiger partial charge on any atom is 0.351 e. The lowest BCUT2D eigenvalue weighted by molar-refractivity contribution is -0.163. The van der Waals surface area contributed by atoms with Crippen molar-refractivity contribution in [2.75, 3.05) is 6.54 Å². The van der Waals surface area contributed by atoms with E-state index in [0.29, 0.717) is 5.56 Å². The number of benzene rings is 1. The van der Waals surface area contributed by atoms with E-state index in [1.54, 1.807) is 30.3 Å². The highest BCUT2D eigenvalue weighted by molar-refractivity contribution is 5.78. The number of aliphatic carboxylic acids is 2. The van der Waals surface area contributed by atoms with Gasteiger partial charge in [-0.25, -0.2) is 4.79 Å². The molecule has 92 valence electrons. The average molecular weight is 239 g/mol. The third-order valence-corrected chi connectivity index (χ3v) is 2.19. The highest BCUT2D eigenvalue weighted by atomic mass is 16.4. The highest BCUT2D eigenvalue weighted by Crippen LogP contribution is 2.11. The Kier molecular flexibility index (Phi) is 4.19. The molecule has 0 aliphatic carbocycles. The second-order valence-electron chi connectivity index (χ2n) is 3.58. The molecule has 0 aromatic heterocycles. The van der Waals surface area contributed by atoms with Gasteiger partial charge in [-0.15, -0.1) is 0 Å². The molecule has 1 rings (SSSR count). The summed E-state index contributed by atoms with van der Waals surface area (Å²) in [6.07, 6.45) is -0.212. The Bertz CT molecular complexity index is 406. The number of aliphatic hydroxyl groups is 1. The van der Waals surface area contributed by atoms with Crippen molar-refractivity contribution in [3.05, 3.63) is 35.9 Å². The molecular formula is C11H13NO5. The molecule has 0 saturated carbocycles. The van der Waals surface area contributed by atoms with Crippen LogP contribution in [0.3, 0.4) is 0 Å². The Morgan fingerprint density at radius 2 is 1.76 bits per heavy atom. The molecule has 6 heteroatoms. The fraction of sp³-hybridized carbons (Fsp3) is 0.273. The molecule has 0 spiro atoms. The first-order valence-electron chi connectivity index (χ1n) is 4.90. The van der Waals surface area contributed by atoms with Gasteiger partial charge in [-0.2, -0.15) is 0 Å². The molecule has 0 heterocycles. The first-order chi connectivity index (χ1) is 7.94. The van der Waals surface area contributed by atoms with Gasteiger partial charge in [0.2, 0.25) is 5.72 Å². The van der Waals surface area contributed by atoms with Gasteiger partial charge in [-0.1, -0.05) is 30.3 Å². The molecule has 0 saturated heterocycles. The van der Waals surface area contributed by atoms with Crippen LogP contribution in [0.2, 0.25) is 0 Å². The van der Waals surface area contributed by atoms with Gasteiger partial charge in [-0.05, 0) is 5.56 Å². The standard InChI is InChI=1S/C11H13NO5/c13-9(14)7-12-11(17,10(15)16)6-8-4-2-1-3-5-8/h1-5,12,17H,6-7H2,(H,13,14)(H,15,16). The van der Waals surface area contributed by atoms with Crippen LogP contribution in [0, 0.1) is 0 Å². The molecule has 1 aromatic carbocycles. The van der Waals surface area contributed by atoms with Crippen LogP contribution in [0.15, 0.2) is 30.3 Å². The maximum atomic E-state index is 10.9. The van der Waals surface area contributed by atoms with E-state index in [1.165, 1.54) is 0 Å². The monoisotopic (exact) mass is 239 g/mol. The fourth-order valence-electron chi connectivity index (χ4n) is 1.33. The molecule has 1 aromatic rings. The zero-order chi connectivity index (χ0) is 12.9. The van der Waals surface area contributed by atoms with Crippen molar-refractivity contribution in [2.24, 2.45) is 0 Å². The van der Waals surface area contributed by atoms with E-state index >= 15 is 0 Å². The molecule has 1 unspecified atom stereocenters. The number of hydrogen-bond acceptors (Lipinski definition) is 4. The summed E-state index contributed by atoms with van der Waals surface area (Å²) < 4.78 is 0. The van der Waals surface area contributed by atoms with E-state index in [-0.39, 0.29) is 6.42 Å². The van der Waals surface area contributed by atoms with Gasteiger partial charge in [0.05, 0.1) is 6.54 Å². The lowest BCUT2D eigenvalue weighted by Gasteiger charge is -2.23. The topological polar surface area (TPSA) is 107 Å². The summed E-state index contributed by atoms with van der Waals surface area (Å²) in [6.45, 7) is -0.629. The lowest BCUT2D eigenvalue weighted by atomic mass is 10.0. The van der Waals surface area contributed by atoms with E-state index < -0.39 is 24.2 Å². The number of nitrogens with one attached hydrogen (secondary N) is 1. The minimum absolute atomic E-state index is 0.212. The van der Waals surface area contributed by atoms with Crippen molar-refractivity contribution in [3.8, 4) is 0 Å². The van der Waals surface area contributed by atoms with Gasteiger partial charge in [0.15, 0.2) is 0 Å². The van der Waals surface area contributed by atoms with Gasteiger partial charge in [-0.3, -0.25) is 10.1 Å². The first kappa shape index (κ1) is 13.1. The smallest absolute Gasteiger partial charge is 0.351 e. The molecule has 0 aliphatic heterocycles. The largest absolute Gasteiger partial charge is 0.480 e. The van der Waals surface area contributed by atoms with Crippen LogP contribution in [0.4, 0.5) is 0 Å². The van der Waals surface area contributed by atoms with Crippen molar-refractivity contribution in [1.82, 2.24) is 5.32 Å². The highest BCUT2D eigenvalue weighted by Gasteiger charge is 2.36. The summed E-state index contributed by atoms with van der Waals surface area (Å²) >= 11 is 0. The van der Waals surface area contributed by atoms with E-state index in [0.717, 1.165) is 0 Å². The Hall–Kier alpha value is -1.92. The van der Waals surface area contributed by atoms with Gasteiger partial charge < -0.3 is 15.3 Å². The minimum Gasteiger partial charge on any atom is -0.480 e. The predicted octanol–water partition coefficient (Wildman–Crippen LogP) is -0.324. The molecule has 0 aliphatic rings. The molecule has 0 fully saturated rings. The molecule has 6 nitrogen and oxygen atoms in total. The van der Waals surface area contributed by atoms with Gasteiger partial charge >= 0.3 is 11.9 Å². The second kappa shape index (κ2) is 5.42. The second-order valence-corrected chi connectivity index (χ2v) is 3.58. The first-order valence-corrected chi connectivity index (χ1v) is 4.90. The van der Waals surface area contributed by atoms with Crippen LogP contribution in [0.25, 0.3) is 0 Å². The third kappa shape index (κ3) is 3.86. The van der Waals surface area contributed by atoms with Crippen LogP contribution in [0.1, 0.15) is 5.56 Å². The van der Waals surface area contributed by atoms with Crippen LogP contribution in [-0.4, -0.2) is 39.5 Å². The van der Waals surface area contributed by atoms with Gasteiger partial charge in [0.1, 0.15) is 0 Å². The summed E-state index contributed by atoms with van der Waals surface area (Å²) in [7, 11) is 0. The van der Waals surface area contributed by atoms with Gasteiger partial charge in [0.25, 0.3) is 0 Å². The summed E-state index contributed by atoms with van der Waals surface area (Å²) in [5, 5.41) is 29.3.